The van der Waals surface area contributed by atoms with Gasteiger partial charge in [0.2, 0.25) is 5.95 Å². The number of nitrogens with zero attached hydrogens (tertiary/aromatic N) is 4. The van der Waals surface area contributed by atoms with E-state index in [4.69, 9.17) is 0 Å². The van der Waals surface area contributed by atoms with Crippen LogP contribution in [0.1, 0.15) is 28.8 Å². The number of hydrogen-bond donors (Lipinski definition) is 0. The van der Waals surface area contributed by atoms with E-state index in [2.05, 4.69) is 14.9 Å². The lowest BCUT2D eigenvalue weighted by molar-refractivity contribution is 0.0775. The van der Waals surface area contributed by atoms with Crippen molar-refractivity contribution in [1.29, 1.82) is 0 Å². The third-order valence-corrected chi connectivity index (χ3v) is 5.08. The number of benzene rings is 1. The maximum absolute atomic E-state index is 12.7. The van der Waals surface area contributed by atoms with Crippen molar-refractivity contribution in [2.75, 3.05) is 24.5 Å². The fourth-order valence-electron chi connectivity index (χ4n) is 3.62. The molecule has 23 heavy (non-hydrogen) atoms. The molecule has 2 aliphatic heterocycles. The molecule has 0 N–H and O–H groups in total. The molecule has 1 aromatic carbocycles. The predicted octanol–water partition coefficient (Wildman–Crippen LogP) is 2.28. The Morgan fingerprint density at radius 2 is 1.78 bits per heavy atom. The van der Waals surface area contributed by atoms with Gasteiger partial charge >= 0.3 is 0 Å². The van der Waals surface area contributed by atoms with Crippen molar-refractivity contribution in [2.24, 2.45) is 0 Å². The Kier molecular flexibility index (Phi) is 3.29. The number of rotatable bonds is 2. The minimum Gasteiger partial charge on any atom is -0.336 e. The van der Waals surface area contributed by atoms with E-state index in [1.54, 1.807) is 12.4 Å². The van der Waals surface area contributed by atoms with Crippen molar-refractivity contribution < 1.29 is 4.79 Å². The van der Waals surface area contributed by atoms with E-state index < -0.39 is 0 Å². The summed E-state index contributed by atoms with van der Waals surface area (Å²) in [5, 5.41) is 0. The Hall–Kier alpha value is -2.43. The van der Waals surface area contributed by atoms with Crippen LogP contribution < -0.4 is 4.90 Å². The molecular weight excluding hydrogens is 288 g/mol. The Bertz CT molecular complexity index is 716. The van der Waals surface area contributed by atoms with Gasteiger partial charge in [-0.1, -0.05) is 17.7 Å². The first-order valence-electron chi connectivity index (χ1n) is 8.09. The van der Waals surface area contributed by atoms with E-state index in [1.807, 2.05) is 42.2 Å². The SMILES string of the molecule is Cc1ccc(C(=O)N2CC[C@]3(CCN3c3ncccn3)C2)cc1. The van der Waals surface area contributed by atoms with Gasteiger partial charge in [0.05, 0.1) is 5.54 Å². The third kappa shape index (κ3) is 2.36. The molecule has 2 aromatic rings. The third-order valence-electron chi connectivity index (χ3n) is 5.08. The molecule has 3 heterocycles. The number of carbonyl (C=O) groups is 1. The molecule has 1 atom stereocenters. The van der Waals surface area contributed by atoms with E-state index in [9.17, 15) is 4.79 Å². The first-order valence-corrected chi connectivity index (χ1v) is 8.09. The molecular formula is C18H20N4O. The molecule has 0 unspecified atom stereocenters. The second-order valence-electron chi connectivity index (χ2n) is 6.52. The zero-order valence-electron chi connectivity index (χ0n) is 13.3. The summed E-state index contributed by atoms with van der Waals surface area (Å²) < 4.78 is 0. The maximum atomic E-state index is 12.7. The minimum absolute atomic E-state index is 0.0295. The average molecular weight is 308 g/mol. The lowest BCUT2D eigenvalue weighted by atomic mass is 9.84. The topological polar surface area (TPSA) is 49.3 Å². The summed E-state index contributed by atoms with van der Waals surface area (Å²) in [6, 6.07) is 9.65. The summed E-state index contributed by atoms with van der Waals surface area (Å²) in [5.74, 6) is 0.908. The highest BCUT2D eigenvalue weighted by atomic mass is 16.2. The zero-order chi connectivity index (χ0) is 15.9. The first kappa shape index (κ1) is 14.2. The van der Waals surface area contributed by atoms with Gasteiger partial charge in [-0.05, 0) is 38.0 Å². The smallest absolute Gasteiger partial charge is 0.253 e. The number of likely N-dealkylation sites (tertiary alicyclic amines) is 1. The monoisotopic (exact) mass is 308 g/mol. The predicted molar refractivity (Wildman–Crippen MR) is 88.4 cm³/mol. The Morgan fingerprint density at radius 3 is 2.43 bits per heavy atom. The van der Waals surface area contributed by atoms with Crippen molar-refractivity contribution >= 4 is 11.9 Å². The van der Waals surface area contributed by atoms with Crippen LogP contribution in [0.25, 0.3) is 0 Å². The van der Waals surface area contributed by atoms with Crippen LogP contribution in [0.3, 0.4) is 0 Å². The minimum atomic E-state index is 0.0295. The fourth-order valence-corrected chi connectivity index (χ4v) is 3.62. The van der Waals surface area contributed by atoms with Gasteiger partial charge in [-0.15, -0.1) is 0 Å². The first-order chi connectivity index (χ1) is 11.2. The summed E-state index contributed by atoms with van der Waals surface area (Å²) >= 11 is 0. The molecule has 1 amide bonds. The van der Waals surface area contributed by atoms with Gasteiger partial charge in [0.1, 0.15) is 0 Å². The van der Waals surface area contributed by atoms with E-state index in [0.29, 0.717) is 0 Å². The summed E-state index contributed by atoms with van der Waals surface area (Å²) in [7, 11) is 0. The van der Waals surface area contributed by atoms with Gasteiger partial charge in [0, 0.05) is 37.6 Å². The number of carbonyl (C=O) groups excluding carboxylic acids is 1. The van der Waals surface area contributed by atoms with Crippen molar-refractivity contribution in [2.45, 2.75) is 25.3 Å². The summed E-state index contributed by atoms with van der Waals surface area (Å²) in [6.45, 7) is 4.57. The van der Waals surface area contributed by atoms with Crippen LogP contribution in [0.5, 0.6) is 0 Å². The molecule has 0 bridgehead atoms. The maximum Gasteiger partial charge on any atom is 0.253 e. The van der Waals surface area contributed by atoms with Crippen LogP contribution in [0.4, 0.5) is 5.95 Å². The molecule has 1 spiro atoms. The molecule has 2 aliphatic rings. The van der Waals surface area contributed by atoms with Crippen LogP contribution in [0.2, 0.25) is 0 Å². The lowest BCUT2D eigenvalue weighted by Crippen LogP contribution is -2.62. The van der Waals surface area contributed by atoms with Crippen molar-refractivity contribution in [1.82, 2.24) is 14.9 Å². The Morgan fingerprint density at radius 1 is 1.09 bits per heavy atom. The Labute approximate surface area is 136 Å². The number of aryl methyl sites for hydroxylation is 1. The molecule has 0 radical (unpaired) electrons. The highest BCUT2D eigenvalue weighted by Crippen LogP contribution is 2.41. The van der Waals surface area contributed by atoms with Crippen LogP contribution in [-0.2, 0) is 0 Å². The largest absolute Gasteiger partial charge is 0.336 e. The quantitative estimate of drug-likeness (QED) is 0.854. The van der Waals surface area contributed by atoms with Crippen LogP contribution in [-0.4, -0.2) is 45.9 Å². The highest BCUT2D eigenvalue weighted by Gasteiger charge is 2.51. The van der Waals surface area contributed by atoms with Gasteiger partial charge in [-0.25, -0.2) is 9.97 Å². The number of amides is 1. The summed E-state index contributed by atoms with van der Waals surface area (Å²) in [4.78, 5) is 25.7. The van der Waals surface area contributed by atoms with Crippen molar-refractivity contribution in [3.8, 4) is 0 Å². The van der Waals surface area contributed by atoms with E-state index >= 15 is 0 Å². The van der Waals surface area contributed by atoms with Gasteiger partial charge in [-0.3, -0.25) is 4.79 Å². The van der Waals surface area contributed by atoms with Crippen LogP contribution in [0, 0.1) is 6.92 Å². The average Bonchev–Trinajstić information content (AvgIpc) is 3.03. The normalized spacial score (nSPS) is 23.2. The van der Waals surface area contributed by atoms with E-state index in [0.717, 1.165) is 44.0 Å². The van der Waals surface area contributed by atoms with Gasteiger partial charge < -0.3 is 9.80 Å². The zero-order valence-corrected chi connectivity index (χ0v) is 13.3. The molecule has 2 saturated heterocycles. The van der Waals surface area contributed by atoms with E-state index in [1.165, 1.54) is 5.56 Å². The number of hydrogen-bond acceptors (Lipinski definition) is 4. The standard InChI is InChI=1S/C18H20N4O/c1-14-3-5-15(6-4-14)16(23)21-11-7-18(13-21)8-12-22(18)17-19-9-2-10-20-17/h2-6,9-10H,7-8,11-13H2,1H3/t18-/m0/s1. The molecule has 5 heteroatoms. The fraction of sp³-hybridized carbons (Fsp3) is 0.389. The molecule has 4 rings (SSSR count). The molecule has 0 saturated carbocycles. The van der Waals surface area contributed by atoms with Crippen molar-refractivity contribution in [3.63, 3.8) is 0 Å². The van der Waals surface area contributed by atoms with E-state index in [-0.39, 0.29) is 11.4 Å². The summed E-state index contributed by atoms with van der Waals surface area (Å²) in [6.07, 6.45) is 5.64. The second-order valence-corrected chi connectivity index (χ2v) is 6.52. The number of aromatic nitrogens is 2. The van der Waals surface area contributed by atoms with Gasteiger partial charge in [0.15, 0.2) is 0 Å². The van der Waals surface area contributed by atoms with Crippen LogP contribution in [0.15, 0.2) is 42.7 Å². The molecule has 2 fully saturated rings. The lowest BCUT2D eigenvalue weighted by Gasteiger charge is -2.50. The van der Waals surface area contributed by atoms with Crippen molar-refractivity contribution in [3.05, 3.63) is 53.9 Å². The molecule has 118 valence electrons. The summed E-state index contributed by atoms with van der Waals surface area (Å²) in [5.41, 5.74) is 1.97. The van der Waals surface area contributed by atoms with Gasteiger partial charge in [-0.2, -0.15) is 0 Å². The van der Waals surface area contributed by atoms with Gasteiger partial charge in [0.25, 0.3) is 5.91 Å². The Balaban J connectivity index is 1.51. The highest BCUT2D eigenvalue weighted by molar-refractivity contribution is 5.94. The molecule has 1 aromatic heterocycles. The van der Waals surface area contributed by atoms with Crippen LogP contribution >= 0.6 is 0 Å². The molecule has 0 aliphatic carbocycles. The second kappa shape index (κ2) is 5.33. The number of anilines is 1. The molecule has 5 nitrogen and oxygen atoms in total.